The Morgan fingerprint density at radius 1 is 0.977 bits per heavy atom. The average Bonchev–Trinajstić information content (AvgIpc) is 3.28. The van der Waals surface area contributed by atoms with E-state index in [1.165, 1.54) is 11.0 Å². The van der Waals surface area contributed by atoms with Crippen molar-refractivity contribution in [3.05, 3.63) is 46.5 Å². The highest BCUT2D eigenvalue weighted by molar-refractivity contribution is 5.96. The molecule has 1 amide bonds. The van der Waals surface area contributed by atoms with Gasteiger partial charge in [0.2, 0.25) is 0 Å². The molecule has 0 unspecified atom stereocenters. The number of carbonyl (C=O) groups excluding carboxylic acids is 3. The van der Waals surface area contributed by atoms with Gasteiger partial charge in [0.05, 0.1) is 11.9 Å². The number of amides is 1. The highest BCUT2D eigenvalue weighted by Crippen LogP contribution is 2.70. The van der Waals surface area contributed by atoms with Gasteiger partial charge in [0.1, 0.15) is 6.10 Å². The number of hydrogen-bond acceptors (Lipinski definition) is 9. The molecule has 234 valence electrons. The van der Waals surface area contributed by atoms with Crippen molar-refractivity contribution in [2.45, 2.75) is 89.3 Å². The second kappa shape index (κ2) is 11.5. The normalized spacial score (nSPS) is 39.0. The summed E-state index contributed by atoms with van der Waals surface area (Å²) in [7, 11) is 0. The summed E-state index contributed by atoms with van der Waals surface area (Å²) in [6.07, 6.45) is 10.6. The second-order valence-electron chi connectivity index (χ2n) is 13.9. The van der Waals surface area contributed by atoms with Crippen LogP contribution in [0.25, 0.3) is 0 Å². The smallest absolute Gasteiger partial charge is 0.417 e. The van der Waals surface area contributed by atoms with Gasteiger partial charge in [-0.1, -0.05) is 13.8 Å². The molecule has 4 aliphatic carbocycles. The van der Waals surface area contributed by atoms with Crippen molar-refractivity contribution < 1.29 is 33.4 Å². The summed E-state index contributed by atoms with van der Waals surface area (Å²) in [5, 5.41) is 15.6. The molecule has 2 N–H and O–H groups in total. The van der Waals surface area contributed by atoms with Gasteiger partial charge in [0.25, 0.3) is 0 Å². The van der Waals surface area contributed by atoms with Crippen molar-refractivity contribution in [2.24, 2.45) is 28.6 Å². The predicted molar refractivity (Wildman–Crippen MR) is 156 cm³/mol. The maximum Gasteiger partial charge on any atom is 0.417 e. The first-order valence-electron chi connectivity index (χ1n) is 15.9. The highest BCUT2D eigenvalue weighted by atomic mass is 16.6. The van der Waals surface area contributed by atoms with Gasteiger partial charge in [0, 0.05) is 49.8 Å². The minimum atomic E-state index is -0.886. The number of esters is 2. The monoisotopic (exact) mass is 596 g/mol. The molecule has 6 rings (SSSR count). The summed E-state index contributed by atoms with van der Waals surface area (Å²) >= 11 is 0. The van der Waals surface area contributed by atoms with Gasteiger partial charge in [-0.15, -0.1) is 0 Å². The van der Waals surface area contributed by atoms with E-state index >= 15 is 0 Å². The van der Waals surface area contributed by atoms with E-state index in [4.69, 9.17) is 13.9 Å². The number of hydrogen-bond donors (Lipinski definition) is 2. The van der Waals surface area contributed by atoms with E-state index in [9.17, 15) is 24.3 Å². The Kier molecular flexibility index (Phi) is 8.04. The van der Waals surface area contributed by atoms with Crippen molar-refractivity contribution >= 4 is 18.0 Å². The van der Waals surface area contributed by atoms with Crippen LogP contribution in [0.4, 0.5) is 4.79 Å². The van der Waals surface area contributed by atoms with Crippen molar-refractivity contribution in [3.8, 4) is 0 Å². The molecule has 1 aromatic rings. The third kappa shape index (κ3) is 5.35. The van der Waals surface area contributed by atoms with Gasteiger partial charge in [0.15, 0.2) is 0 Å². The fourth-order valence-corrected chi connectivity index (χ4v) is 9.77. The molecule has 8 atom stereocenters. The van der Waals surface area contributed by atoms with Crippen LogP contribution in [0.15, 0.2) is 39.8 Å². The molecule has 1 aliphatic heterocycles. The molecule has 5 aliphatic rings. The minimum Gasteiger partial charge on any atom is -0.459 e. The zero-order chi connectivity index (χ0) is 30.4. The molecular formula is C33H44N2O8. The maximum atomic E-state index is 12.6. The van der Waals surface area contributed by atoms with Gasteiger partial charge >= 0.3 is 23.7 Å². The van der Waals surface area contributed by atoms with E-state index in [1.54, 1.807) is 6.26 Å². The zero-order valence-corrected chi connectivity index (χ0v) is 25.2. The third-order valence-corrected chi connectivity index (χ3v) is 12.1. The van der Waals surface area contributed by atoms with Crippen LogP contribution >= 0.6 is 0 Å². The molecule has 43 heavy (non-hydrogen) atoms. The summed E-state index contributed by atoms with van der Waals surface area (Å²) in [4.78, 5) is 49.8. The van der Waals surface area contributed by atoms with Crippen LogP contribution in [0.5, 0.6) is 0 Å². The Morgan fingerprint density at radius 2 is 1.74 bits per heavy atom. The third-order valence-electron chi connectivity index (χ3n) is 12.1. The molecule has 0 bridgehead atoms. The quantitative estimate of drug-likeness (QED) is 0.301. The van der Waals surface area contributed by atoms with Crippen LogP contribution in [-0.4, -0.2) is 65.9 Å². The van der Waals surface area contributed by atoms with Crippen molar-refractivity contribution in [1.82, 2.24) is 10.2 Å². The molecule has 0 spiro atoms. The van der Waals surface area contributed by atoms with Crippen molar-refractivity contribution in [1.29, 1.82) is 0 Å². The van der Waals surface area contributed by atoms with Crippen LogP contribution < -0.4 is 10.9 Å². The number of fused-ring (bicyclic) bond motifs is 5. The highest BCUT2D eigenvalue weighted by Gasteiger charge is 2.67. The molecule has 5 fully saturated rings. The number of ether oxygens (including phenoxy) is 2. The molecular weight excluding hydrogens is 552 g/mol. The van der Waals surface area contributed by atoms with Crippen LogP contribution in [0, 0.1) is 28.6 Å². The summed E-state index contributed by atoms with van der Waals surface area (Å²) in [6.45, 7) is 6.84. The molecule has 2 heterocycles. The van der Waals surface area contributed by atoms with Crippen molar-refractivity contribution in [3.63, 3.8) is 0 Å². The number of carbonyl (C=O) groups is 3. The van der Waals surface area contributed by atoms with Crippen LogP contribution in [0.1, 0.15) is 83.1 Å². The Morgan fingerprint density at radius 3 is 2.49 bits per heavy atom. The Balaban J connectivity index is 1.06. The van der Waals surface area contributed by atoms with Gasteiger partial charge < -0.3 is 29.2 Å². The van der Waals surface area contributed by atoms with Gasteiger partial charge in [-0.3, -0.25) is 0 Å². The molecule has 10 heteroatoms. The lowest BCUT2D eigenvalue weighted by Gasteiger charge is -2.63. The largest absolute Gasteiger partial charge is 0.459 e. The lowest BCUT2D eigenvalue weighted by atomic mass is 9.43. The van der Waals surface area contributed by atoms with Gasteiger partial charge in [-0.25, -0.2) is 19.2 Å². The Hall–Kier alpha value is -2.98. The minimum absolute atomic E-state index is 0.0600. The second-order valence-corrected chi connectivity index (χ2v) is 13.9. The number of nitrogens with one attached hydrogen (secondary N) is 1. The Labute approximate surface area is 252 Å². The molecule has 10 nitrogen and oxygen atoms in total. The molecule has 0 radical (unpaired) electrons. The Bertz CT molecular complexity index is 1320. The topological polar surface area (TPSA) is 135 Å². The zero-order valence-electron chi connectivity index (χ0n) is 25.2. The van der Waals surface area contributed by atoms with Gasteiger partial charge in [-0.2, -0.15) is 0 Å². The summed E-state index contributed by atoms with van der Waals surface area (Å²) < 4.78 is 15.8. The fourth-order valence-electron chi connectivity index (χ4n) is 9.77. The van der Waals surface area contributed by atoms with E-state index in [1.807, 2.05) is 6.07 Å². The van der Waals surface area contributed by atoms with E-state index in [0.717, 1.165) is 75.5 Å². The first-order valence-corrected chi connectivity index (χ1v) is 15.9. The van der Waals surface area contributed by atoms with Gasteiger partial charge in [-0.05, 0) is 98.5 Å². The van der Waals surface area contributed by atoms with E-state index in [0.29, 0.717) is 38.0 Å². The van der Waals surface area contributed by atoms with Crippen molar-refractivity contribution in [2.75, 3.05) is 26.2 Å². The SMILES string of the molecule is C[C@@]12CC[C@@H](OC(=O)/C=C\C(=O)OC(=O)N3CCNCC3)C[C@H]1CC[C@@H]1[C@H]2CC[C@]2(C)[C@@H](c3ccc(=O)oc3)CC[C@@]12O. The summed E-state index contributed by atoms with van der Waals surface area (Å²) in [5.74, 6) is -0.330. The molecule has 1 saturated heterocycles. The first kappa shape index (κ1) is 30.1. The lowest BCUT2D eigenvalue weighted by molar-refractivity contribution is -0.207. The fraction of sp³-hybridized carbons (Fsp3) is 0.697. The summed E-state index contributed by atoms with van der Waals surface area (Å²) in [6, 6.07) is 3.35. The van der Waals surface area contributed by atoms with E-state index < -0.39 is 23.6 Å². The number of aliphatic hydroxyl groups is 1. The maximum absolute atomic E-state index is 12.6. The van der Waals surface area contributed by atoms with Crippen LogP contribution in [0.3, 0.4) is 0 Å². The average molecular weight is 597 g/mol. The number of rotatable bonds is 4. The predicted octanol–water partition coefficient (Wildman–Crippen LogP) is 3.92. The lowest BCUT2D eigenvalue weighted by Crippen LogP contribution is -2.62. The molecule has 4 saturated carbocycles. The van der Waals surface area contributed by atoms with E-state index in [-0.39, 0.29) is 34.4 Å². The standard InChI is InChI=1S/C33H44N2O8/c1-31-12-9-23(42-28(37)7-8-29(38)43-30(39)35-17-15-34-16-18-35)19-22(31)4-5-26-25(31)10-13-32(2)24(11-14-33(26,32)40)21-3-6-27(36)41-20-21/h3,6-8,20,22-26,34,40H,4-5,9-19H2,1-2H3/b8-7-/t22-,23-,24-,25-,26-,31-,32-,33-/m1/s1. The number of piperazine rings is 1. The summed E-state index contributed by atoms with van der Waals surface area (Å²) in [5.41, 5.74) is -0.320. The molecule has 0 aromatic carbocycles. The van der Waals surface area contributed by atoms with Crippen LogP contribution in [-0.2, 0) is 19.1 Å². The van der Waals surface area contributed by atoms with E-state index in [2.05, 4.69) is 19.2 Å². The number of nitrogens with zero attached hydrogens (tertiary/aromatic N) is 1. The molecule has 1 aromatic heterocycles. The van der Waals surface area contributed by atoms with Crippen LogP contribution in [0.2, 0.25) is 0 Å². The first-order chi connectivity index (χ1) is 20.5.